The molecule has 2 amide bonds. The van der Waals surface area contributed by atoms with Crippen molar-refractivity contribution in [2.24, 2.45) is 7.05 Å². The van der Waals surface area contributed by atoms with Gasteiger partial charge in [0.2, 0.25) is 11.1 Å². The first-order chi connectivity index (χ1) is 15.4. The number of aliphatic carboxylic acids is 1. The average Bonchev–Trinajstić information content (AvgIpc) is 3.20. The molecule has 32 heavy (non-hydrogen) atoms. The molecule has 2 N–H and O–H groups in total. The molecule has 2 aliphatic heterocycles. The van der Waals surface area contributed by atoms with Gasteiger partial charge in [0.15, 0.2) is 0 Å². The van der Waals surface area contributed by atoms with Crippen LogP contribution in [0, 0.1) is 0 Å². The molecule has 11 nitrogen and oxygen atoms in total. The Balaban J connectivity index is 1.52. The number of β-lactam (4-membered cyclic amide) rings is 1. The van der Waals surface area contributed by atoms with Crippen LogP contribution in [0.15, 0.2) is 46.8 Å². The molecule has 0 radical (unpaired) electrons. The molecule has 1 saturated heterocycles. The first-order valence-electron chi connectivity index (χ1n) is 9.53. The van der Waals surface area contributed by atoms with E-state index < -0.39 is 23.0 Å². The Hall–Kier alpha value is -2.90. The average molecular weight is 477 g/mol. The monoisotopic (exact) mass is 476 g/mol. The van der Waals surface area contributed by atoms with E-state index in [1.807, 2.05) is 30.3 Å². The maximum absolute atomic E-state index is 13.1. The number of benzene rings is 1. The van der Waals surface area contributed by atoms with Gasteiger partial charge in [-0.25, -0.2) is 9.48 Å². The number of nitrogens with zero attached hydrogens (tertiary/aromatic N) is 5. The molecule has 2 aromatic rings. The highest BCUT2D eigenvalue weighted by Gasteiger charge is 2.66. The van der Waals surface area contributed by atoms with Crippen molar-refractivity contribution in [3.63, 3.8) is 0 Å². The number of hydrogen-bond acceptors (Lipinski definition) is 9. The van der Waals surface area contributed by atoms with Crippen molar-refractivity contribution in [1.82, 2.24) is 30.4 Å². The Morgan fingerprint density at radius 2 is 2.12 bits per heavy atom. The quantitative estimate of drug-likeness (QED) is 0.310. The van der Waals surface area contributed by atoms with Gasteiger partial charge in [-0.05, 0) is 21.6 Å². The van der Waals surface area contributed by atoms with Crippen molar-refractivity contribution in [2.75, 3.05) is 18.6 Å². The van der Waals surface area contributed by atoms with Gasteiger partial charge in [0, 0.05) is 25.7 Å². The van der Waals surface area contributed by atoms with Crippen LogP contribution in [0.25, 0.3) is 0 Å². The first kappa shape index (κ1) is 22.3. The number of carboxylic acid groups (broad SMARTS) is 1. The smallest absolute Gasteiger partial charge is 0.352 e. The number of fused-ring (bicyclic) bond motifs is 1. The molecule has 1 aromatic carbocycles. The van der Waals surface area contributed by atoms with E-state index >= 15 is 0 Å². The number of rotatable bonds is 8. The third-order valence-corrected chi connectivity index (χ3v) is 7.59. The number of carbonyl (C=O) groups is 3. The zero-order chi connectivity index (χ0) is 22.9. The van der Waals surface area contributed by atoms with Crippen LogP contribution in [0.2, 0.25) is 0 Å². The van der Waals surface area contributed by atoms with Gasteiger partial charge in [-0.1, -0.05) is 42.1 Å². The number of thioether (sulfide) groups is 2. The van der Waals surface area contributed by atoms with Crippen molar-refractivity contribution in [2.45, 2.75) is 22.7 Å². The molecule has 0 saturated carbocycles. The summed E-state index contributed by atoms with van der Waals surface area (Å²) in [6.45, 7) is 0. The minimum absolute atomic E-state index is 0.0753. The van der Waals surface area contributed by atoms with Crippen LogP contribution in [0.4, 0.5) is 0 Å². The molecule has 1 unspecified atom stereocenters. The van der Waals surface area contributed by atoms with E-state index in [1.54, 1.807) is 7.05 Å². The number of ether oxygens (including phenoxy) is 1. The number of aromatic nitrogens is 4. The number of amides is 2. The maximum Gasteiger partial charge on any atom is 0.352 e. The fourth-order valence-corrected chi connectivity index (χ4v) is 6.01. The van der Waals surface area contributed by atoms with Crippen molar-refractivity contribution in [3.05, 3.63) is 47.2 Å². The Labute approximate surface area is 191 Å². The molecule has 0 spiro atoms. The van der Waals surface area contributed by atoms with Crippen LogP contribution in [0.3, 0.4) is 0 Å². The molecule has 1 fully saturated rings. The number of methoxy groups -OCH3 is 1. The summed E-state index contributed by atoms with van der Waals surface area (Å²) in [6.07, 6.45) is 0.0753. The summed E-state index contributed by atoms with van der Waals surface area (Å²) in [7, 11) is 3.01. The van der Waals surface area contributed by atoms with Gasteiger partial charge in [0.05, 0.1) is 6.42 Å². The van der Waals surface area contributed by atoms with Gasteiger partial charge in [-0.2, -0.15) is 0 Å². The normalized spacial score (nSPS) is 22.4. The fraction of sp³-hybridized carbons (Fsp3) is 0.368. The summed E-state index contributed by atoms with van der Waals surface area (Å²) < 4.78 is 6.95. The van der Waals surface area contributed by atoms with Gasteiger partial charge in [0.25, 0.3) is 11.6 Å². The van der Waals surface area contributed by atoms with E-state index in [1.165, 1.54) is 40.2 Å². The minimum Gasteiger partial charge on any atom is -0.477 e. The fourth-order valence-electron chi connectivity index (χ4n) is 3.58. The number of nitrogens with one attached hydrogen (secondary N) is 1. The molecule has 3 heterocycles. The lowest BCUT2D eigenvalue weighted by Gasteiger charge is -2.55. The van der Waals surface area contributed by atoms with Crippen molar-refractivity contribution < 1.29 is 24.2 Å². The number of carbonyl (C=O) groups excluding carboxylic acids is 2. The third-order valence-electron chi connectivity index (χ3n) is 5.12. The molecular weight excluding hydrogens is 456 g/mol. The number of carboxylic acids is 1. The minimum atomic E-state index is -1.61. The van der Waals surface area contributed by atoms with Gasteiger partial charge in [0.1, 0.15) is 11.1 Å². The Bertz CT molecular complexity index is 1090. The largest absolute Gasteiger partial charge is 0.477 e. The lowest BCUT2D eigenvalue weighted by Crippen LogP contribution is -2.80. The molecule has 4 rings (SSSR count). The molecule has 0 bridgehead atoms. The molecule has 168 valence electrons. The van der Waals surface area contributed by atoms with Crippen molar-refractivity contribution in [1.29, 1.82) is 0 Å². The molecule has 2 aliphatic rings. The van der Waals surface area contributed by atoms with E-state index in [4.69, 9.17) is 4.74 Å². The van der Waals surface area contributed by atoms with Crippen LogP contribution in [-0.2, 0) is 32.6 Å². The van der Waals surface area contributed by atoms with E-state index in [0.29, 0.717) is 22.2 Å². The number of tetrazole rings is 1. The van der Waals surface area contributed by atoms with Crippen LogP contribution in [0.5, 0.6) is 0 Å². The topological polar surface area (TPSA) is 140 Å². The summed E-state index contributed by atoms with van der Waals surface area (Å²) in [6, 6.07) is 9.11. The maximum atomic E-state index is 13.1. The van der Waals surface area contributed by atoms with Gasteiger partial charge < -0.3 is 15.2 Å². The molecule has 2 atom stereocenters. The Morgan fingerprint density at radius 1 is 1.38 bits per heavy atom. The third kappa shape index (κ3) is 3.87. The zero-order valence-corrected chi connectivity index (χ0v) is 18.9. The lowest BCUT2D eigenvalue weighted by atomic mass is 9.98. The van der Waals surface area contributed by atoms with Crippen LogP contribution in [-0.4, -0.2) is 77.7 Å². The highest BCUT2D eigenvalue weighted by molar-refractivity contribution is 8.01. The standard InChI is InChI=1S/C19H20N6O5S2/c1-24-18(21-22-23-24)32-10-12-9-31-17-19(30-2,16(29)25(17)14(12)15(27)28)20-13(26)8-11-6-4-3-5-7-11/h3-7,17H,8-10H2,1-2H3,(H,20,26)(H,27,28)/t17-,19?/m1/s1. The second-order valence-corrected chi connectivity index (χ2v) is 9.13. The van der Waals surface area contributed by atoms with E-state index in [-0.39, 0.29) is 18.0 Å². The van der Waals surface area contributed by atoms with Crippen LogP contribution >= 0.6 is 23.5 Å². The molecule has 0 aliphatic carbocycles. The van der Waals surface area contributed by atoms with E-state index in [0.717, 1.165) is 5.56 Å². The van der Waals surface area contributed by atoms with Crippen molar-refractivity contribution in [3.8, 4) is 0 Å². The zero-order valence-electron chi connectivity index (χ0n) is 17.2. The SMILES string of the molecule is COC1(NC(=O)Cc2ccccc2)C(=O)N2C(C(=O)O)=C(CSc3nnnn3C)CS[C@@H]21. The Morgan fingerprint density at radius 3 is 2.75 bits per heavy atom. The number of hydrogen-bond donors (Lipinski definition) is 2. The van der Waals surface area contributed by atoms with E-state index in [2.05, 4.69) is 20.8 Å². The van der Waals surface area contributed by atoms with Crippen molar-refractivity contribution >= 4 is 41.3 Å². The van der Waals surface area contributed by atoms with Gasteiger partial charge in [-0.15, -0.1) is 16.9 Å². The molecule has 1 aromatic heterocycles. The predicted octanol–water partition coefficient (Wildman–Crippen LogP) is 0.258. The first-order valence-corrected chi connectivity index (χ1v) is 11.6. The summed E-state index contributed by atoms with van der Waals surface area (Å²) in [5.41, 5.74) is -0.338. The van der Waals surface area contributed by atoms with Crippen LogP contribution in [0.1, 0.15) is 5.56 Å². The highest BCUT2D eigenvalue weighted by Crippen LogP contribution is 2.47. The lowest BCUT2D eigenvalue weighted by molar-refractivity contribution is -0.192. The Kier molecular flexibility index (Phi) is 6.22. The van der Waals surface area contributed by atoms with E-state index in [9.17, 15) is 19.5 Å². The second-order valence-electron chi connectivity index (χ2n) is 7.12. The second kappa shape index (κ2) is 8.92. The summed E-state index contributed by atoms with van der Waals surface area (Å²) in [5, 5.41) is 23.6. The van der Waals surface area contributed by atoms with Gasteiger partial charge >= 0.3 is 5.97 Å². The van der Waals surface area contributed by atoms with Crippen LogP contribution < -0.4 is 5.32 Å². The summed E-state index contributed by atoms with van der Waals surface area (Å²) in [5.74, 6) is -1.55. The number of aryl methyl sites for hydroxylation is 1. The highest BCUT2D eigenvalue weighted by atomic mass is 32.2. The molecule has 13 heteroatoms. The summed E-state index contributed by atoms with van der Waals surface area (Å²) in [4.78, 5) is 39.0. The predicted molar refractivity (Wildman–Crippen MR) is 115 cm³/mol. The summed E-state index contributed by atoms with van der Waals surface area (Å²) >= 11 is 2.62. The molecular formula is C19H20N6O5S2. The van der Waals surface area contributed by atoms with Gasteiger partial charge in [-0.3, -0.25) is 14.5 Å².